The Morgan fingerprint density at radius 2 is 1.71 bits per heavy atom. The summed E-state index contributed by atoms with van der Waals surface area (Å²) in [5, 5.41) is 0.932. The molecule has 0 amide bonds. The summed E-state index contributed by atoms with van der Waals surface area (Å²) in [6, 6.07) is 15.4. The molecule has 0 aliphatic heterocycles. The highest BCUT2D eigenvalue weighted by Crippen LogP contribution is 2.32. The molecular formula is C17H16F2N2. The fraction of sp³-hybridized carbons (Fsp3) is 0.176. The Labute approximate surface area is 121 Å². The molecule has 1 heterocycles. The first-order chi connectivity index (χ1) is 10.1. The van der Waals surface area contributed by atoms with Crippen LogP contribution in [0.25, 0.3) is 10.9 Å². The number of hydrogen-bond acceptors (Lipinski definition) is 1. The molecule has 2 N–H and O–H groups in total. The van der Waals surface area contributed by atoms with E-state index in [1.165, 1.54) is 12.1 Å². The normalized spacial score (nSPS) is 12.0. The summed E-state index contributed by atoms with van der Waals surface area (Å²) in [5.41, 5.74) is 7.41. The molecule has 0 radical (unpaired) electrons. The molecule has 2 nitrogen and oxygen atoms in total. The van der Waals surface area contributed by atoms with Crippen LogP contribution in [0.5, 0.6) is 0 Å². The second-order valence-corrected chi connectivity index (χ2v) is 5.07. The Morgan fingerprint density at radius 1 is 0.952 bits per heavy atom. The standard InChI is InChI=1S/C17H16F2N2/c18-17(19,15-7-2-1-3-8-15)12-21-10-9-13-5-4-6-14(11-20)16(13)21/h1-10H,11-12,20H2. The van der Waals surface area contributed by atoms with Gasteiger partial charge in [0.15, 0.2) is 0 Å². The van der Waals surface area contributed by atoms with E-state index in [1.54, 1.807) is 29.0 Å². The van der Waals surface area contributed by atoms with E-state index >= 15 is 0 Å². The highest BCUT2D eigenvalue weighted by molar-refractivity contribution is 5.83. The second kappa shape index (κ2) is 5.30. The summed E-state index contributed by atoms with van der Waals surface area (Å²) in [6.45, 7) is -0.0597. The molecular weight excluding hydrogens is 270 g/mol. The largest absolute Gasteiger partial charge is 0.341 e. The fourth-order valence-corrected chi connectivity index (χ4v) is 2.62. The predicted molar refractivity (Wildman–Crippen MR) is 80.2 cm³/mol. The van der Waals surface area contributed by atoms with Crippen LogP contribution in [0.1, 0.15) is 11.1 Å². The molecule has 0 fully saturated rings. The smallest absolute Gasteiger partial charge is 0.290 e. The number of nitrogens with zero attached hydrogens (tertiary/aromatic N) is 1. The molecule has 0 aliphatic rings. The van der Waals surface area contributed by atoms with Gasteiger partial charge in [0.25, 0.3) is 5.92 Å². The van der Waals surface area contributed by atoms with Gasteiger partial charge in [-0.15, -0.1) is 0 Å². The fourth-order valence-electron chi connectivity index (χ4n) is 2.62. The molecule has 3 rings (SSSR count). The van der Waals surface area contributed by atoms with Crippen molar-refractivity contribution in [2.75, 3.05) is 0 Å². The minimum Gasteiger partial charge on any atom is -0.341 e. The van der Waals surface area contributed by atoms with Crippen molar-refractivity contribution in [2.24, 2.45) is 5.73 Å². The number of rotatable bonds is 4. The zero-order valence-corrected chi connectivity index (χ0v) is 11.5. The number of fused-ring (bicyclic) bond motifs is 1. The van der Waals surface area contributed by atoms with Crippen molar-refractivity contribution in [3.05, 3.63) is 71.9 Å². The minimum atomic E-state index is -2.92. The van der Waals surface area contributed by atoms with Crippen LogP contribution in [0.15, 0.2) is 60.8 Å². The zero-order chi connectivity index (χ0) is 14.9. The van der Waals surface area contributed by atoms with Gasteiger partial charge in [0.05, 0.1) is 12.1 Å². The molecule has 0 saturated heterocycles. The lowest BCUT2D eigenvalue weighted by atomic mass is 10.1. The van der Waals surface area contributed by atoms with Gasteiger partial charge in [0.1, 0.15) is 0 Å². The Morgan fingerprint density at radius 3 is 2.43 bits per heavy atom. The lowest BCUT2D eigenvalue weighted by Crippen LogP contribution is -2.21. The van der Waals surface area contributed by atoms with Crippen molar-refractivity contribution < 1.29 is 8.78 Å². The molecule has 0 spiro atoms. The molecule has 0 saturated carbocycles. The van der Waals surface area contributed by atoms with E-state index in [9.17, 15) is 8.78 Å². The zero-order valence-electron chi connectivity index (χ0n) is 11.5. The third-order valence-corrected chi connectivity index (χ3v) is 3.66. The molecule has 0 bridgehead atoms. The van der Waals surface area contributed by atoms with Crippen LogP contribution in [0, 0.1) is 0 Å². The summed E-state index contributed by atoms with van der Waals surface area (Å²) in [4.78, 5) is 0. The Kier molecular flexibility index (Phi) is 3.47. The summed E-state index contributed by atoms with van der Waals surface area (Å²) in [5.74, 6) is -2.92. The third kappa shape index (κ3) is 2.54. The number of benzene rings is 2. The predicted octanol–water partition coefficient (Wildman–Crippen LogP) is 3.89. The summed E-state index contributed by atoms with van der Waals surface area (Å²) < 4.78 is 30.4. The lowest BCUT2D eigenvalue weighted by Gasteiger charge is -2.19. The van der Waals surface area contributed by atoms with Gasteiger partial charge in [-0.05, 0) is 17.0 Å². The summed E-state index contributed by atoms with van der Waals surface area (Å²) >= 11 is 0. The maximum Gasteiger partial charge on any atom is 0.290 e. The molecule has 0 unspecified atom stereocenters. The van der Waals surface area contributed by atoms with E-state index in [0.717, 1.165) is 16.5 Å². The van der Waals surface area contributed by atoms with Crippen molar-refractivity contribution in [3.8, 4) is 0 Å². The molecule has 21 heavy (non-hydrogen) atoms. The Bertz CT molecular complexity index is 748. The average molecular weight is 286 g/mol. The van der Waals surface area contributed by atoms with Gasteiger partial charge >= 0.3 is 0 Å². The van der Waals surface area contributed by atoms with Crippen molar-refractivity contribution >= 4 is 10.9 Å². The number of halogens is 2. The maximum absolute atomic E-state index is 14.4. The molecule has 1 aromatic heterocycles. The van der Waals surface area contributed by atoms with Crippen LogP contribution in [0.3, 0.4) is 0 Å². The number of alkyl halides is 2. The first-order valence-electron chi connectivity index (χ1n) is 6.82. The first-order valence-corrected chi connectivity index (χ1v) is 6.82. The topological polar surface area (TPSA) is 30.9 Å². The van der Waals surface area contributed by atoms with Crippen molar-refractivity contribution in [1.82, 2.24) is 4.57 Å². The molecule has 108 valence electrons. The van der Waals surface area contributed by atoms with Crippen molar-refractivity contribution in [3.63, 3.8) is 0 Å². The number of para-hydroxylation sites is 1. The van der Waals surface area contributed by atoms with Crippen LogP contribution in [-0.4, -0.2) is 4.57 Å². The first kappa shape index (κ1) is 13.8. The van der Waals surface area contributed by atoms with Crippen LogP contribution >= 0.6 is 0 Å². The van der Waals surface area contributed by atoms with Crippen molar-refractivity contribution in [1.29, 1.82) is 0 Å². The monoisotopic (exact) mass is 286 g/mol. The van der Waals surface area contributed by atoms with E-state index in [-0.39, 0.29) is 5.56 Å². The quantitative estimate of drug-likeness (QED) is 0.775. The van der Waals surface area contributed by atoms with Gasteiger partial charge in [0.2, 0.25) is 0 Å². The van der Waals surface area contributed by atoms with Crippen LogP contribution in [-0.2, 0) is 19.0 Å². The average Bonchev–Trinajstić information content (AvgIpc) is 2.91. The highest BCUT2D eigenvalue weighted by Gasteiger charge is 2.32. The van der Waals surface area contributed by atoms with Gasteiger partial charge in [-0.3, -0.25) is 0 Å². The van der Waals surface area contributed by atoms with Crippen LogP contribution < -0.4 is 5.73 Å². The Hall–Kier alpha value is -2.20. The van der Waals surface area contributed by atoms with E-state index < -0.39 is 12.5 Å². The third-order valence-electron chi connectivity index (χ3n) is 3.66. The number of nitrogens with two attached hydrogens (primary N) is 1. The van der Waals surface area contributed by atoms with Gasteiger partial charge in [-0.25, -0.2) is 0 Å². The van der Waals surface area contributed by atoms with E-state index in [0.29, 0.717) is 6.54 Å². The maximum atomic E-state index is 14.4. The van der Waals surface area contributed by atoms with Crippen LogP contribution in [0.2, 0.25) is 0 Å². The van der Waals surface area contributed by atoms with Crippen LogP contribution in [0.4, 0.5) is 8.78 Å². The van der Waals surface area contributed by atoms with E-state index in [4.69, 9.17) is 5.73 Å². The molecule has 4 heteroatoms. The minimum absolute atomic E-state index is 0.0251. The molecule has 2 aromatic carbocycles. The van der Waals surface area contributed by atoms with Gasteiger partial charge < -0.3 is 10.3 Å². The van der Waals surface area contributed by atoms with Crippen molar-refractivity contribution in [2.45, 2.75) is 19.0 Å². The molecule has 0 aliphatic carbocycles. The highest BCUT2D eigenvalue weighted by atomic mass is 19.3. The summed E-state index contributed by atoms with van der Waals surface area (Å²) in [6.07, 6.45) is 1.70. The number of hydrogen-bond donors (Lipinski definition) is 1. The molecule has 0 atom stereocenters. The molecule has 3 aromatic rings. The summed E-state index contributed by atoms with van der Waals surface area (Å²) in [7, 11) is 0. The number of aromatic nitrogens is 1. The second-order valence-electron chi connectivity index (χ2n) is 5.07. The van der Waals surface area contributed by atoms with Gasteiger partial charge in [0, 0.05) is 18.3 Å². The Balaban J connectivity index is 2.02. The van der Waals surface area contributed by atoms with E-state index in [2.05, 4.69) is 0 Å². The van der Waals surface area contributed by atoms with Gasteiger partial charge in [-0.1, -0.05) is 48.5 Å². The van der Waals surface area contributed by atoms with Gasteiger partial charge in [-0.2, -0.15) is 8.78 Å². The SMILES string of the molecule is NCc1cccc2ccn(CC(F)(F)c3ccccc3)c12. The van der Waals surface area contributed by atoms with E-state index in [1.807, 2.05) is 24.3 Å². The lowest BCUT2D eigenvalue weighted by molar-refractivity contribution is -0.0211.